The van der Waals surface area contributed by atoms with E-state index in [1.54, 1.807) is 11.1 Å². The minimum Gasteiger partial charge on any atom is -0.349 e. The molecule has 0 amide bonds. The van der Waals surface area contributed by atoms with Crippen LogP contribution in [0.3, 0.4) is 0 Å². The van der Waals surface area contributed by atoms with Crippen LogP contribution >= 0.6 is 0 Å². The van der Waals surface area contributed by atoms with Crippen molar-refractivity contribution in [3.8, 4) is 0 Å². The number of para-hydroxylation sites is 1. The standard InChI is InChI=1S/C28H37N3/c1-27(2)14-15-28(3,4)21-17-25-24(16-20(21)27)29(5)22-12-9-13-23-26(22)31(25)18-30(23)19-10-7-6-8-11-19/h9,12-13,16-17,19H,6-8,10-11,14-15,18H2,1-5H3. The van der Waals surface area contributed by atoms with Gasteiger partial charge in [0.2, 0.25) is 0 Å². The average Bonchev–Trinajstić information content (AvgIpc) is 3.16. The Bertz CT molecular complexity index is 1040. The summed E-state index contributed by atoms with van der Waals surface area (Å²) in [5.74, 6) is 0. The summed E-state index contributed by atoms with van der Waals surface area (Å²) in [5.41, 5.74) is 10.6. The molecule has 0 atom stereocenters. The van der Waals surface area contributed by atoms with E-state index in [2.05, 4.69) is 79.8 Å². The van der Waals surface area contributed by atoms with Crippen molar-refractivity contribution >= 4 is 28.4 Å². The lowest BCUT2D eigenvalue weighted by atomic mass is 9.63. The highest BCUT2D eigenvalue weighted by molar-refractivity contribution is 6.01. The van der Waals surface area contributed by atoms with Gasteiger partial charge in [-0.1, -0.05) is 53.0 Å². The predicted molar refractivity (Wildman–Crippen MR) is 133 cm³/mol. The lowest BCUT2D eigenvalue weighted by Crippen LogP contribution is -2.39. The zero-order valence-corrected chi connectivity index (χ0v) is 20.0. The van der Waals surface area contributed by atoms with Crippen molar-refractivity contribution in [2.24, 2.45) is 0 Å². The van der Waals surface area contributed by atoms with Crippen LogP contribution in [0.25, 0.3) is 0 Å². The van der Waals surface area contributed by atoms with Crippen molar-refractivity contribution in [3.05, 3.63) is 41.5 Å². The van der Waals surface area contributed by atoms with Crippen LogP contribution < -0.4 is 14.7 Å². The summed E-state index contributed by atoms with van der Waals surface area (Å²) in [4.78, 5) is 7.80. The molecule has 2 aromatic carbocycles. The summed E-state index contributed by atoms with van der Waals surface area (Å²) in [6, 6.07) is 12.7. The fraction of sp³-hybridized carbons (Fsp3) is 0.571. The van der Waals surface area contributed by atoms with E-state index in [0.717, 1.165) is 6.67 Å². The molecule has 0 unspecified atom stereocenters. The first-order valence-electron chi connectivity index (χ1n) is 12.4. The van der Waals surface area contributed by atoms with Gasteiger partial charge in [0.1, 0.15) is 0 Å². The molecule has 6 rings (SSSR count). The quantitative estimate of drug-likeness (QED) is 0.481. The van der Waals surface area contributed by atoms with Gasteiger partial charge in [0, 0.05) is 13.1 Å². The van der Waals surface area contributed by atoms with Crippen molar-refractivity contribution in [2.45, 2.75) is 89.5 Å². The molecule has 1 saturated carbocycles. The molecule has 1 fully saturated rings. The van der Waals surface area contributed by atoms with Crippen molar-refractivity contribution in [3.63, 3.8) is 0 Å². The van der Waals surface area contributed by atoms with E-state index in [9.17, 15) is 0 Å². The zero-order valence-electron chi connectivity index (χ0n) is 20.0. The molecule has 2 heterocycles. The van der Waals surface area contributed by atoms with E-state index in [4.69, 9.17) is 0 Å². The Labute approximate surface area is 188 Å². The molecule has 0 aromatic heterocycles. The molecule has 0 N–H and O–H groups in total. The summed E-state index contributed by atoms with van der Waals surface area (Å²) >= 11 is 0. The third kappa shape index (κ3) is 2.71. The first-order chi connectivity index (χ1) is 14.8. The number of anilines is 5. The van der Waals surface area contributed by atoms with E-state index >= 15 is 0 Å². The Morgan fingerprint density at radius 2 is 1.39 bits per heavy atom. The topological polar surface area (TPSA) is 9.72 Å². The van der Waals surface area contributed by atoms with E-state index in [1.807, 2.05) is 0 Å². The fourth-order valence-corrected chi connectivity index (χ4v) is 6.70. The Kier molecular flexibility index (Phi) is 4.05. The highest BCUT2D eigenvalue weighted by atomic mass is 15.4. The Balaban J connectivity index is 1.53. The number of hydrogen-bond acceptors (Lipinski definition) is 3. The normalized spacial score (nSPS) is 23.5. The second-order valence-corrected chi connectivity index (χ2v) is 11.7. The average molecular weight is 416 g/mol. The Morgan fingerprint density at radius 3 is 2.06 bits per heavy atom. The highest BCUT2D eigenvalue weighted by Crippen LogP contribution is 2.58. The Hall–Kier alpha value is -2.16. The van der Waals surface area contributed by atoms with Crippen molar-refractivity contribution < 1.29 is 0 Å². The van der Waals surface area contributed by atoms with Crippen LogP contribution in [-0.2, 0) is 10.8 Å². The minimum atomic E-state index is 0.237. The smallest absolute Gasteiger partial charge is 0.0957 e. The maximum absolute atomic E-state index is 2.72. The van der Waals surface area contributed by atoms with Crippen molar-refractivity contribution in [2.75, 3.05) is 28.4 Å². The molecule has 4 aliphatic rings. The summed E-state index contributed by atoms with van der Waals surface area (Å²) < 4.78 is 0. The number of nitrogens with zero attached hydrogens (tertiary/aromatic N) is 3. The minimum absolute atomic E-state index is 0.237. The molecule has 2 aliphatic carbocycles. The van der Waals surface area contributed by atoms with Crippen molar-refractivity contribution in [1.82, 2.24) is 0 Å². The van der Waals surface area contributed by atoms with Crippen LogP contribution in [0, 0.1) is 0 Å². The van der Waals surface area contributed by atoms with Crippen LogP contribution in [-0.4, -0.2) is 19.8 Å². The molecule has 0 radical (unpaired) electrons. The largest absolute Gasteiger partial charge is 0.349 e. The molecule has 0 bridgehead atoms. The molecule has 0 saturated heterocycles. The van der Waals surface area contributed by atoms with Gasteiger partial charge in [-0.2, -0.15) is 0 Å². The van der Waals surface area contributed by atoms with Crippen LogP contribution in [0.4, 0.5) is 28.4 Å². The monoisotopic (exact) mass is 415 g/mol. The van der Waals surface area contributed by atoms with E-state index in [0.29, 0.717) is 6.04 Å². The van der Waals surface area contributed by atoms with Gasteiger partial charge >= 0.3 is 0 Å². The maximum Gasteiger partial charge on any atom is 0.0957 e. The van der Waals surface area contributed by atoms with Crippen molar-refractivity contribution in [1.29, 1.82) is 0 Å². The SMILES string of the molecule is CN1c2cc3c(cc2N2CN(C4CCCCC4)c4cccc1c42)C(C)(C)CCC3(C)C. The summed E-state index contributed by atoms with van der Waals surface area (Å²) in [6.45, 7) is 10.8. The van der Waals surface area contributed by atoms with E-state index in [-0.39, 0.29) is 10.8 Å². The summed E-state index contributed by atoms with van der Waals surface area (Å²) in [5, 5.41) is 0. The summed E-state index contributed by atoms with van der Waals surface area (Å²) in [7, 11) is 2.27. The fourth-order valence-electron chi connectivity index (χ4n) is 6.70. The van der Waals surface area contributed by atoms with Crippen LogP contribution in [0.5, 0.6) is 0 Å². The lowest BCUT2D eigenvalue weighted by molar-refractivity contribution is 0.332. The van der Waals surface area contributed by atoms with Gasteiger partial charge in [-0.3, -0.25) is 0 Å². The summed E-state index contributed by atoms with van der Waals surface area (Å²) in [6.07, 6.45) is 9.36. The van der Waals surface area contributed by atoms with Gasteiger partial charge in [0.15, 0.2) is 0 Å². The maximum atomic E-state index is 2.72. The molecule has 2 aliphatic heterocycles. The third-order valence-corrected chi connectivity index (χ3v) is 8.84. The second-order valence-electron chi connectivity index (χ2n) is 11.7. The van der Waals surface area contributed by atoms with Gasteiger partial charge in [-0.25, -0.2) is 0 Å². The van der Waals surface area contributed by atoms with Gasteiger partial charge in [-0.05, 0) is 71.9 Å². The molecule has 2 aromatic rings. The number of benzene rings is 2. The number of hydrogen-bond donors (Lipinski definition) is 0. The number of rotatable bonds is 1. The molecule has 3 nitrogen and oxygen atoms in total. The first kappa shape index (κ1) is 19.5. The van der Waals surface area contributed by atoms with Crippen LogP contribution in [0.2, 0.25) is 0 Å². The predicted octanol–water partition coefficient (Wildman–Crippen LogP) is 7.37. The van der Waals surface area contributed by atoms with Gasteiger partial charge in [-0.15, -0.1) is 0 Å². The number of fused-ring (bicyclic) bond motifs is 3. The first-order valence-corrected chi connectivity index (χ1v) is 12.4. The van der Waals surface area contributed by atoms with Gasteiger partial charge < -0.3 is 14.7 Å². The molecular weight excluding hydrogens is 378 g/mol. The van der Waals surface area contributed by atoms with E-state index in [1.165, 1.54) is 73.4 Å². The van der Waals surface area contributed by atoms with E-state index < -0.39 is 0 Å². The zero-order chi connectivity index (χ0) is 21.5. The van der Waals surface area contributed by atoms with Crippen LogP contribution in [0.1, 0.15) is 83.8 Å². The highest BCUT2D eigenvalue weighted by Gasteiger charge is 2.42. The molecule has 3 heteroatoms. The molecule has 31 heavy (non-hydrogen) atoms. The Morgan fingerprint density at radius 1 is 0.774 bits per heavy atom. The second kappa shape index (κ2) is 6.43. The molecule has 0 spiro atoms. The van der Waals surface area contributed by atoms with Gasteiger partial charge in [0.05, 0.1) is 35.1 Å². The van der Waals surface area contributed by atoms with Gasteiger partial charge in [0.25, 0.3) is 0 Å². The lowest BCUT2D eigenvalue weighted by Gasteiger charge is -2.45. The third-order valence-electron chi connectivity index (χ3n) is 8.84. The van der Waals surface area contributed by atoms with Crippen LogP contribution in [0.15, 0.2) is 30.3 Å². The molecular formula is C28H37N3. The molecule has 164 valence electrons.